The molecule has 1 unspecified atom stereocenters. The zero-order valence-electron chi connectivity index (χ0n) is 16.6. The van der Waals surface area contributed by atoms with Crippen LogP contribution in [0.2, 0.25) is 0 Å². The maximum atomic E-state index is 12.9. The summed E-state index contributed by atoms with van der Waals surface area (Å²) < 4.78 is 10.7. The molecule has 2 amide bonds. The van der Waals surface area contributed by atoms with Crippen LogP contribution in [0.15, 0.2) is 53.1 Å². The predicted molar refractivity (Wildman–Crippen MR) is 110 cm³/mol. The highest BCUT2D eigenvalue weighted by atomic mass is 16.5. The smallest absolute Gasteiger partial charge is 0.322 e. The van der Waals surface area contributed by atoms with Crippen LogP contribution in [0.3, 0.4) is 0 Å². The van der Waals surface area contributed by atoms with Gasteiger partial charge in [-0.2, -0.15) is 4.98 Å². The summed E-state index contributed by atoms with van der Waals surface area (Å²) in [6.45, 7) is 2.73. The zero-order valence-corrected chi connectivity index (χ0v) is 16.6. The number of hydrogen-bond donors (Lipinski definition) is 1. The van der Waals surface area contributed by atoms with Crippen molar-refractivity contribution in [3.63, 3.8) is 0 Å². The Morgan fingerprint density at radius 1 is 1.24 bits per heavy atom. The molecule has 1 aliphatic rings. The Morgan fingerprint density at radius 2 is 2.03 bits per heavy atom. The first-order valence-electron chi connectivity index (χ1n) is 9.83. The molecule has 7 nitrogen and oxygen atoms in total. The van der Waals surface area contributed by atoms with Gasteiger partial charge in [0.2, 0.25) is 11.7 Å². The molecule has 0 aliphatic carbocycles. The number of ether oxygens (including phenoxy) is 1. The lowest BCUT2D eigenvalue weighted by atomic mass is 10.1. The Balaban J connectivity index is 1.51. The second-order valence-electron chi connectivity index (χ2n) is 6.98. The third-order valence-electron chi connectivity index (χ3n) is 5.23. The van der Waals surface area contributed by atoms with Crippen LogP contribution >= 0.6 is 0 Å². The van der Waals surface area contributed by atoms with Crippen LogP contribution in [0.1, 0.15) is 37.3 Å². The summed E-state index contributed by atoms with van der Waals surface area (Å²) in [4.78, 5) is 19.3. The maximum absolute atomic E-state index is 12.9. The van der Waals surface area contributed by atoms with Crippen LogP contribution in [0.4, 0.5) is 10.5 Å². The van der Waals surface area contributed by atoms with Crippen molar-refractivity contribution < 1.29 is 14.1 Å². The molecule has 4 rings (SSSR count). The van der Waals surface area contributed by atoms with Crippen LogP contribution in [0.5, 0.6) is 5.75 Å². The van der Waals surface area contributed by atoms with E-state index < -0.39 is 0 Å². The van der Waals surface area contributed by atoms with Gasteiger partial charge in [-0.05, 0) is 55.2 Å². The first-order chi connectivity index (χ1) is 14.2. The number of anilines is 1. The van der Waals surface area contributed by atoms with E-state index >= 15 is 0 Å². The number of carbonyl (C=O) groups excluding carboxylic acids is 1. The lowest BCUT2D eigenvalue weighted by Crippen LogP contribution is -2.34. The van der Waals surface area contributed by atoms with Crippen molar-refractivity contribution in [2.24, 2.45) is 0 Å². The lowest BCUT2D eigenvalue weighted by molar-refractivity contribution is 0.193. The number of nitrogens with one attached hydrogen (secondary N) is 1. The van der Waals surface area contributed by atoms with E-state index in [-0.39, 0.29) is 12.1 Å². The van der Waals surface area contributed by atoms with Gasteiger partial charge >= 0.3 is 6.03 Å². The molecule has 2 aromatic carbocycles. The second-order valence-corrected chi connectivity index (χ2v) is 6.98. The number of aromatic nitrogens is 2. The molecule has 1 fully saturated rings. The minimum atomic E-state index is -0.219. The molecule has 3 aromatic rings. The highest BCUT2D eigenvalue weighted by Gasteiger charge is 2.34. The first-order valence-corrected chi connectivity index (χ1v) is 9.83. The van der Waals surface area contributed by atoms with Gasteiger partial charge < -0.3 is 19.5 Å². The van der Waals surface area contributed by atoms with Crippen LogP contribution in [-0.2, 0) is 6.42 Å². The number of benzene rings is 2. The number of hydrogen-bond acceptors (Lipinski definition) is 5. The van der Waals surface area contributed by atoms with E-state index in [2.05, 4.69) is 22.4 Å². The molecule has 0 saturated carbocycles. The van der Waals surface area contributed by atoms with E-state index in [0.717, 1.165) is 41.8 Å². The molecular formula is C22H24N4O3. The Kier molecular flexibility index (Phi) is 5.46. The molecule has 29 heavy (non-hydrogen) atoms. The van der Waals surface area contributed by atoms with Crippen LogP contribution in [0.25, 0.3) is 11.4 Å². The lowest BCUT2D eigenvalue weighted by Gasteiger charge is -2.23. The van der Waals surface area contributed by atoms with Gasteiger partial charge in [-0.25, -0.2) is 4.79 Å². The molecule has 7 heteroatoms. The van der Waals surface area contributed by atoms with Crippen LogP contribution < -0.4 is 10.1 Å². The van der Waals surface area contributed by atoms with Crippen LogP contribution in [-0.4, -0.2) is 34.7 Å². The fourth-order valence-corrected chi connectivity index (χ4v) is 3.63. The maximum Gasteiger partial charge on any atom is 0.322 e. The van der Waals surface area contributed by atoms with Gasteiger partial charge in [-0.1, -0.05) is 30.3 Å². The van der Waals surface area contributed by atoms with Crippen molar-refractivity contribution in [2.75, 3.05) is 19.0 Å². The number of carbonyl (C=O) groups is 1. The standard InChI is InChI=1S/C22H24N4O3/c1-3-15-7-4-5-8-18(15)23-22(27)26-14-6-9-19(26)21-24-20(25-29-21)16-10-12-17(28-2)13-11-16/h4-5,7-8,10-13,19H,3,6,9,14H2,1-2H3,(H,23,27). The monoisotopic (exact) mass is 392 g/mol. The molecule has 1 aromatic heterocycles. The fraction of sp³-hybridized carbons (Fsp3) is 0.318. The Labute approximate surface area is 169 Å². The summed E-state index contributed by atoms with van der Waals surface area (Å²) in [5.74, 6) is 1.74. The minimum Gasteiger partial charge on any atom is -0.497 e. The predicted octanol–water partition coefficient (Wildman–Crippen LogP) is 4.68. The van der Waals surface area contributed by atoms with Crippen molar-refractivity contribution >= 4 is 11.7 Å². The van der Waals surface area contributed by atoms with E-state index in [1.165, 1.54) is 0 Å². The molecule has 150 valence electrons. The number of nitrogens with zero attached hydrogens (tertiary/aromatic N) is 3. The van der Waals surface area contributed by atoms with E-state index in [1.54, 1.807) is 12.0 Å². The topological polar surface area (TPSA) is 80.5 Å². The summed E-state index contributed by atoms with van der Waals surface area (Å²) in [5.41, 5.74) is 2.79. The summed E-state index contributed by atoms with van der Waals surface area (Å²) in [6.07, 6.45) is 2.55. The van der Waals surface area contributed by atoms with Crippen LogP contribution in [0, 0.1) is 0 Å². The van der Waals surface area contributed by atoms with E-state index in [0.29, 0.717) is 18.3 Å². The normalized spacial score (nSPS) is 16.1. The molecule has 2 heterocycles. The molecule has 0 bridgehead atoms. The number of aryl methyl sites for hydroxylation is 1. The van der Waals surface area contributed by atoms with Crippen molar-refractivity contribution in [3.05, 3.63) is 60.0 Å². The molecule has 0 spiro atoms. The number of rotatable bonds is 5. The third-order valence-corrected chi connectivity index (χ3v) is 5.23. The highest BCUT2D eigenvalue weighted by Crippen LogP contribution is 2.33. The van der Waals surface area contributed by atoms with E-state index in [4.69, 9.17) is 9.26 Å². The summed E-state index contributed by atoms with van der Waals surface area (Å²) >= 11 is 0. The molecule has 1 saturated heterocycles. The SMILES string of the molecule is CCc1ccccc1NC(=O)N1CCCC1c1nc(-c2ccc(OC)cc2)no1. The fourth-order valence-electron chi connectivity index (χ4n) is 3.63. The van der Waals surface area contributed by atoms with Crippen molar-refractivity contribution in [3.8, 4) is 17.1 Å². The van der Waals surface area contributed by atoms with Gasteiger partial charge in [-0.15, -0.1) is 0 Å². The van der Waals surface area contributed by atoms with Crippen molar-refractivity contribution in [2.45, 2.75) is 32.2 Å². The number of amides is 2. The molecule has 1 aliphatic heterocycles. The van der Waals surface area contributed by atoms with Gasteiger partial charge in [0.1, 0.15) is 11.8 Å². The Bertz CT molecular complexity index is 984. The summed E-state index contributed by atoms with van der Waals surface area (Å²) in [7, 11) is 1.63. The second kappa shape index (κ2) is 8.34. The highest BCUT2D eigenvalue weighted by molar-refractivity contribution is 5.90. The first kappa shape index (κ1) is 19.0. The van der Waals surface area contributed by atoms with Gasteiger partial charge in [0.15, 0.2) is 0 Å². The van der Waals surface area contributed by atoms with Gasteiger partial charge in [0.25, 0.3) is 0 Å². The van der Waals surface area contributed by atoms with E-state index in [1.807, 2.05) is 48.5 Å². The summed E-state index contributed by atoms with van der Waals surface area (Å²) in [6, 6.07) is 15.0. The van der Waals surface area contributed by atoms with Crippen molar-refractivity contribution in [1.29, 1.82) is 0 Å². The Morgan fingerprint density at radius 3 is 2.79 bits per heavy atom. The Hall–Kier alpha value is -3.35. The minimum absolute atomic E-state index is 0.141. The van der Waals surface area contributed by atoms with Gasteiger partial charge in [-0.3, -0.25) is 0 Å². The summed E-state index contributed by atoms with van der Waals surface area (Å²) in [5, 5.41) is 7.14. The van der Waals surface area contributed by atoms with Gasteiger partial charge in [0.05, 0.1) is 7.11 Å². The average Bonchev–Trinajstić information content (AvgIpc) is 3.44. The zero-order chi connectivity index (χ0) is 20.2. The molecule has 0 radical (unpaired) electrons. The largest absolute Gasteiger partial charge is 0.497 e. The number of likely N-dealkylation sites (tertiary alicyclic amines) is 1. The molecule has 1 atom stereocenters. The number of methoxy groups -OCH3 is 1. The number of urea groups is 1. The quantitative estimate of drug-likeness (QED) is 0.682. The molecular weight excluding hydrogens is 368 g/mol. The number of para-hydroxylation sites is 1. The average molecular weight is 392 g/mol. The van der Waals surface area contributed by atoms with Crippen molar-refractivity contribution in [1.82, 2.24) is 15.0 Å². The molecule has 1 N–H and O–H groups in total. The third kappa shape index (κ3) is 3.94. The van der Waals surface area contributed by atoms with E-state index in [9.17, 15) is 4.79 Å². The van der Waals surface area contributed by atoms with Gasteiger partial charge in [0, 0.05) is 17.8 Å².